The van der Waals surface area contributed by atoms with E-state index in [2.05, 4.69) is 9.83 Å². The van der Waals surface area contributed by atoms with Crippen molar-refractivity contribution in [2.45, 2.75) is 31.8 Å². The first-order valence-corrected chi connectivity index (χ1v) is 5.51. The smallest absolute Gasteiger partial charge is 0.330 e. The largest absolute Gasteiger partial charge is 0.390 e. The Labute approximate surface area is 102 Å². The summed E-state index contributed by atoms with van der Waals surface area (Å²) in [5.74, 6) is 0. The molecule has 1 aromatic heterocycles. The molecule has 2 rings (SSSR count). The summed E-state index contributed by atoms with van der Waals surface area (Å²) in [6, 6.07) is 0. The molecule has 0 spiro atoms. The van der Waals surface area contributed by atoms with Crippen molar-refractivity contribution in [3.8, 4) is 0 Å². The number of aryl methyl sites for hydroxylation is 1. The summed E-state index contributed by atoms with van der Waals surface area (Å²) >= 11 is 0. The number of nitrogens with zero attached hydrogens (tertiary/aromatic N) is 2. The van der Waals surface area contributed by atoms with E-state index in [0.29, 0.717) is 5.56 Å². The highest BCUT2D eigenvalue weighted by Crippen LogP contribution is 2.27. The predicted octanol–water partition coefficient (Wildman–Crippen LogP) is -0.587. The third kappa shape index (κ3) is 2.20. The van der Waals surface area contributed by atoms with E-state index in [0.717, 1.165) is 0 Å². The lowest BCUT2D eigenvalue weighted by atomic mass is 10.2. The van der Waals surface area contributed by atoms with Gasteiger partial charge in [-0.15, -0.1) is 0 Å². The first-order chi connectivity index (χ1) is 8.52. The van der Waals surface area contributed by atoms with Crippen molar-refractivity contribution in [3.05, 3.63) is 44.0 Å². The van der Waals surface area contributed by atoms with Gasteiger partial charge in [-0.25, -0.2) is 11.4 Å². The summed E-state index contributed by atoms with van der Waals surface area (Å²) < 4.78 is 6.69. The molecule has 0 saturated carbocycles. The van der Waals surface area contributed by atoms with Crippen molar-refractivity contribution in [2.24, 2.45) is 0 Å². The lowest BCUT2D eigenvalue weighted by molar-refractivity contribution is -0.0116. The number of aliphatic hydroxyl groups excluding tert-OH is 1. The van der Waals surface area contributed by atoms with Crippen molar-refractivity contribution < 1.29 is 9.84 Å². The Morgan fingerprint density at radius 1 is 1.67 bits per heavy atom. The molecule has 0 aliphatic carbocycles. The molecule has 1 saturated heterocycles. The van der Waals surface area contributed by atoms with Crippen LogP contribution >= 0.6 is 0 Å². The predicted molar refractivity (Wildman–Crippen MR) is 62.1 cm³/mol. The second-order valence-corrected chi connectivity index (χ2v) is 4.25. The lowest BCUT2D eigenvalue weighted by Gasteiger charge is -2.13. The quantitative estimate of drug-likeness (QED) is 0.688. The third-order valence-electron chi connectivity index (χ3n) is 2.93. The van der Waals surface area contributed by atoms with Crippen LogP contribution in [0, 0.1) is 13.5 Å². The molecule has 0 radical (unpaired) electrons. The molecule has 2 heterocycles. The first-order valence-electron chi connectivity index (χ1n) is 5.51. The van der Waals surface area contributed by atoms with Gasteiger partial charge in [0, 0.05) is 18.2 Å². The van der Waals surface area contributed by atoms with Gasteiger partial charge in [-0.2, -0.15) is 0 Å². The van der Waals surface area contributed by atoms with Crippen LogP contribution in [-0.2, 0) is 4.74 Å². The molecule has 0 bridgehead atoms. The monoisotopic (exact) mass is 251 g/mol. The van der Waals surface area contributed by atoms with Gasteiger partial charge in [-0.1, -0.05) is 0 Å². The van der Waals surface area contributed by atoms with Crippen LogP contribution in [0.5, 0.6) is 0 Å². The molecule has 1 aliphatic rings. The van der Waals surface area contributed by atoms with Crippen LogP contribution in [0.4, 0.5) is 0 Å². The zero-order chi connectivity index (χ0) is 13.3. The Balaban J connectivity index is 2.30. The van der Waals surface area contributed by atoms with Gasteiger partial charge in [0.15, 0.2) is 6.10 Å². The second-order valence-electron chi connectivity index (χ2n) is 4.25. The number of hydrogen-bond acceptors (Lipinski definition) is 4. The summed E-state index contributed by atoms with van der Waals surface area (Å²) in [4.78, 5) is 28.2. The van der Waals surface area contributed by atoms with Crippen molar-refractivity contribution in [3.63, 3.8) is 0 Å². The summed E-state index contributed by atoms with van der Waals surface area (Å²) in [5.41, 5.74) is -0.625. The fraction of sp³-hybridized carbons (Fsp3) is 0.545. The highest BCUT2D eigenvalue weighted by molar-refractivity contribution is 5.02. The van der Waals surface area contributed by atoms with Gasteiger partial charge in [0.25, 0.3) is 5.56 Å². The summed E-state index contributed by atoms with van der Waals surface area (Å²) in [5, 5.41) is 9.71. The fourth-order valence-corrected chi connectivity index (χ4v) is 1.94. The third-order valence-corrected chi connectivity index (χ3v) is 2.93. The van der Waals surface area contributed by atoms with Crippen molar-refractivity contribution in [1.29, 1.82) is 0 Å². The molecule has 1 aliphatic heterocycles. The Hall–Kier alpha value is -1.91. The van der Waals surface area contributed by atoms with Crippen LogP contribution in [0.1, 0.15) is 18.2 Å². The molecule has 7 heteroatoms. The minimum Gasteiger partial charge on any atom is -0.390 e. The van der Waals surface area contributed by atoms with Gasteiger partial charge >= 0.3 is 5.69 Å². The van der Waals surface area contributed by atoms with E-state index < -0.39 is 29.7 Å². The molecule has 18 heavy (non-hydrogen) atoms. The zero-order valence-corrected chi connectivity index (χ0v) is 9.79. The normalized spacial score (nSPS) is 27.1. The van der Waals surface area contributed by atoms with E-state index in [1.54, 1.807) is 6.92 Å². The number of aromatic nitrogens is 2. The highest BCUT2D eigenvalue weighted by Gasteiger charge is 2.37. The topological polar surface area (TPSA) is 88.7 Å². The lowest BCUT2D eigenvalue weighted by Crippen LogP contribution is -2.33. The summed E-state index contributed by atoms with van der Waals surface area (Å²) in [6.45, 7) is 8.38. The van der Waals surface area contributed by atoms with Crippen molar-refractivity contribution >= 4 is 0 Å². The minimum atomic E-state index is -0.775. The fourth-order valence-electron chi connectivity index (χ4n) is 1.94. The van der Waals surface area contributed by atoms with E-state index >= 15 is 0 Å². The van der Waals surface area contributed by atoms with Crippen LogP contribution < -0.4 is 11.2 Å². The summed E-state index contributed by atoms with van der Waals surface area (Å²) in [7, 11) is 0. The molecule has 1 fully saturated rings. The van der Waals surface area contributed by atoms with Gasteiger partial charge in [0.05, 0.1) is 6.10 Å². The maximum absolute atomic E-state index is 11.6. The van der Waals surface area contributed by atoms with Crippen LogP contribution in [0.2, 0.25) is 0 Å². The molecular weight excluding hydrogens is 238 g/mol. The molecule has 1 aromatic rings. The Bertz CT molecular complexity index is 598. The van der Waals surface area contributed by atoms with Crippen molar-refractivity contribution in [2.75, 3.05) is 6.54 Å². The maximum Gasteiger partial charge on any atom is 0.330 e. The Kier molecular flexibility index (Phi) is 3.32. The zero-order valence-electron chi connectivity index (χ0n) is 9.79. The number of ether oxygens (including phenoxy) is 1. The average molecular weight is 251 g/mol. The average Bonchev–Trinajstić information content (AvgIpc) is 2.66. The highest BCUT2D eigenvalue weighted by atomic mass is 16.5. The molecular formula is C11H13N3O4. The second kappa shape index (κ2) is 4.76. The molecule has 3 atom stereocenters. The Morgan fingerprint density at radius 3 is 3.06 bits per heavy atom. The first kappa shape index (κ1) is 12.5. The number of hydrogen-bond donors (Lipinski definition) is 2. The Morgan fingerprint density at radius 2 is 2.39 bits per heavy atom. The molecule has 96 valence electrons. The molecule has 0 aromatic carbocycles. The van der Waals surface area contributed by atoms with Crippen LogP contribution in [0.15, 0.2) is 15.8 Å². The van der Waals surface area contributed by atoms with E-state index in [9.17, 15) is 14.7 Å². The van der Waals surface area contributed by atoms with E-state index in [4.69, 9.17) is 11.3 Å². The van der Waals surface area contributed by atoms with Crippen molar-refractivity contribution in [1.82, 2.24) is 9.55 Å². The minimum absolute atomic E-state index is 0.0503. The molecule has 2 N–H and O–H groups in total. The standard InChI is InChI=1S/C11H13N3O4/c1-6-5-14(11(17)13-10(6)16)9-3-7(15)8(18-9)4-12-2/h5,7-9,15H,3-4H2,1H3,(H,13,16,17)/t7-,8-,9?/m1/s1. The SMILES string of the molecule is [C-]#[N+]C[C@H]1OC(n2cc(C)c(=O)[nH]c2=O)C[C@H]1O. The molecule has 1 unspecified atom stereocenters. The van der Waals surface area contributed by atoms with Gasteiger partial charge in [-0.3, -0.25) is 14.3 Å². The number of aromatic amines is 1. The van der Waals surface area contributed by atoms with E-state index in [1.807, 2.05) is 0 Å². The number of aliphatic hydroxyl groups is 1. The van der Waals surface area contributed by atoms with Crippen LogP contribution in [-0.4, -0.2) is 33.4 Å². The number of nitrogens with one attached hydrogen (secondary N) is 1. The van der Waals surface area contributed by atoms with Gasteiger partial charge in [0.2, 0.25) is 6.54 Å². The number of rotatable bonds is 2. The van der Waals surface area contributed by atoms with E-state index in [-0.39, 0.29) is 13.0 Å². The maximum atomic E-state index is 11.6. The van der Waals surface area contributed by atoms with Gasteiger partial charge in [-0.05, 0) is 6.92 Å². The van der Waals surface area contributed by atoms with E-state index in [1.165, 1.54) is 10.8 Å². The summed E-state index contributed by atoms with van der Waals surface area (Å²) in [6.07, 6.45) is -0.380. The van der Waals surface area contributed by atoms with Crippen LogP contribution in [0.3, 0.4) is 0 Å². The number of H-pyrrole nitrogens is 1. The van der Waals surface area contributed by atoms with Crippen LogP contribution in [0.25, 0.3) is 4.85 Å². The molecule has 0 amide bonds. The molecule has 7 nitrogen and oxygen atoms in total. The van der Waals surface area contributed by atoms with Gasteiger partial charge in [0.1, 0.15) is 6.23 Å². The van der Waals surface area contributed by atoms with Gasteiger partial charge < -0.3 is 14.7 Å².